The lowest BCUT2D eigenvalue weighted by Gasteiger charge is -2.39. The number of carbonyl (C=O) groups is 2. The number of likely N-dealkylation sites (N-methyl/N-ethyl adjacent to an activating group) is 1. The summed E-state index contributed by atoms with van der Waals surface area (Å²) in [4.78, 5) is 29.7. The molecule has 8 heteroatoms. The number of thiol groups is 1. The zero-order valence-corrected chi connectivity index (χ0v) is 19.2. The fraction of sp³-hybridized carbons (Fsp3) is 0.455. The average Bonchev–Trinajstić information content (AvgIpc) is 2.77. The van der Waals surface area contributed by atoms with Gasteiger partial charge in [0.1, 0.15) is 6.04 Å². The maximum atomic E-state index is 13.5. The Hall–Kier alpha value is -1.90. The number of hydrogen-bond donors (Lipinski definition) is 3. The van der Waals surface area contributed by atoms with Crippen molar-refractivity contribution in [1.82, 2.24) is 9.80 Å². The quantitative estimate of drug-likeness (QED) is 0.543. The number of nitrogens with one attached hydrogen (secondary N) is 1. The van der Waals surface area contributed by atoms with Crippen LogP contribution in [0.1, 0.15) is 16.8 Å². The number of benzene rings is 2. The number of amides is 2. The molecule has 162 valence electrons. The third-order valence-corrected chi connectivity index (χ3v) is 6.60. The molecule has 1 aliphatic rings. The highest BCUT2D eigenvalue weighted by Gasteiger charge is 2.36. The van der Waals surface area contributed by atoms with Gasteiger partial charge in [-0.25, -0.2) is 0 Å². The monoisotopic (exact) mass is 446 g/mol. The molecule has 2 amide bonds. The molecule has 0 aromatic heterocycles. The van der Waals surface area contributed by atoms with E-state index in [1.807, 2.05) is 49.7 Å². The van der Waals surface area contributed by atoms with E-state index in [2.05, 4.69) is 17.9 Å². The molecular weight excluding hydrogens is 416 g/mol. The van der Waals surface area contributed by atoms with Gasteiger partial charge in [-0.05, 0) is 47.4 Å². The molecule has 3 rings (SSSR count). The number of nitrogens with zero attached hydrogens (tertiary/aromatic N) is 2. The van der Waals surface area contributed by atoms with Crippen LogP contribution in [-0.4, -0.2) is 78.1 Å². The number of rotatable bonds is 8. The average molecular weight is 447 g/mol. The summed E-state index contributed by atoms with van der Waals surface area (Å²) in [6.45, 7) is 1.75. The molecule has 2 aromatic carbocycles. The molecule has 30 heavy (non-hydrogen) atoms. The van der Waals surface area contributed by atoms with Gasteiger partial charge in [-0.15, -0.1) is 0 Å². The second-order valence-electron chi connectivity index (χ2n) is 7.62. The maximum absolute atomic E-state index is 13.5. The summed E-state index contributed by atoms with van der Waals surface area (Å²) < 4.78 is 0. The minimum Gasteiger partial charge on any atom is -0.383 e. The summed E-state index contributed by atoms with van der Waals surface area (Å²) in [6, 6.07) is 11.3. The molecule has 6 nitrogen and oxygen atoms in total. The van der Waals surface area contributed by atoms with Gasteiger partial charge < -0.3 is 20.9 Å². The molecule has 0 aliphatic carbocycles. The standard InChI is InChI=1S/C22H30N4O2S2/c1-25-9-10-26(20(22(25)28)8-11-30-2)21(27)19-5-3-4-15-12-17(6-7-18(15)19)24-13-16(23)14-29/h3-7,12,16,20,24,29H,8-11,13-14,23H2,1-2H3/t16-,20+/m1/s1. The molecule has 0 spiro atoms. The highest BCUT2D eigenvalue weighted by atomic mass is 32.2. The van der Waals surface area contributed by atoms with Gasteiger partial charge in [-0.1, -0.05) is 18.2 Å². The van der Waals surface area contributed by atoms with E-state index in [1.165, 1.54) is 0 Å². The van der Waals surface area contributed by atoms with Crippen LogP contribution in [0.25, 0.3) is 10.8 Å². The molecule has 1 saturated heterocycles. The third kappa shape index (κ3) is 5.04. The van der Waals surface area contributed by atoms with Gasteiger partial charge in [0.2, 0.25) is 5.91 Å². The maximum Gasteiger partial charge on any atom is 0.255 e. The minimum atomic E-state index is -0.400. The molecule has 3 N–H and O–H groups in total. The molecular formula is C22H30N4O2S2. The number of nitrogens with two attached hydrogens (primary N) is 1. The first kappa shape index (κ1) is 22.8. The summed E-state index contributed by atoms with van der Waals surface area (Å²) in [5, 5.41) is 5.19. The Kier molecular flexibility index (Phi) is 7.91. The first-order valence-corrected chi connectivity index (χ1v) is 12.2. The Labute approximate surface area is 187 Å². The van der Waals surface area contributed by atoms with E-state index < -0.39 is 6.04 Å². The molecule has 0 radical (unpaired) electrons. The second kappa shape index (κ2) is 10.4. The first-order chi connectivity index (χ1) is 14.5. The lowest BCUT2D eigenvalue weighted by Crippen LogP contribution is -2.57. The van der Waals surface area contributed by atoms with Crippen LogP contribution in [0.3, 0.4) is 0 Å². The van der Waals surface area contributed by atoms with Crippen molar-refractivity contribution in [3.8, 4) is 0 Å². The van der Waals surface area contributed by atoms with Crippen LogP contribution in [0.5, 0.6) is 0 Å². The van der Waals surface area contributed by atoms with E-state index in [1.54, 1.807) is 21.6 Å². The second-order valence-corrected chi connectivity index (χ2v) is 8.97. The van der Waals surface area contributed by atoms with Crippen molar-refractivity contribution >= 4 is 52.7 Å². The van der Waals surface area contributed by atoms with Gasteiger partial charge in [-0.2, -0.15) is 24.4 Å². The Balaban J connectivity index is 1.87. The molecule has 1 aliphatic heterocycles. The lowest BCUT2D eigenvalue weighted by atomic mass is 10.0. The summed E-state index contributed by atoms with van der Waals surface area (Å²) in [5.74, 6) is 1.40. The molecule has 1 fully saturated rings. The van der Waals surface area contributed by atoms with Crippen LogP contribution in [0.15, 0.2) is 36.4 Å². The first-order valence-electron chi connectivity index (χ1n) is 10.1. The van der Waals surface area contributed by atoms with E-state index >= 15 is 0 Å². The number of carbonyl (C=O) groups excluding carboxylic acids is 2. The Morgan fingerprint density at radius 3 is 2.87 bits per heavy atom. The largest absolute Gasteiger partial charge is 0.383 e. The van der Waals surface area contributed by atoms with Crippen molar-refractivity contribution in [3.05, 3.63) is 42.0 Å². The molecule has 2 aromatic rings. The van der Waals surface area contributed by atoms with Crippen LogP contribution in [0.4, 0.5) is 5.69 Å². The fourth-order valence-corrected chi connectivity index (χ4v) is 4.30. The minimum absolute atomic E-state index is 0.0232. The van der Waals surface area contributed by atoms with Crippen LogP contribution < -0.4 is 11.1 Å². The van der Waals surface area contributed by atoms with E-state index in [-0.39, 0.29) is 17.9 Å². The van der Waals surface area contributed by atoms with Gasteiger partial charge in [0.25, 0.3) is 5.91 Å². The Morgan fingerprint density at radius 2 is 2.13 bits per heavy atom. The number of thioether (sulfide) groups is 1. The van der Waals surface area contributed by atoms with Crippen LogP contribution in [0, 0.1) is 0 Å². The summed E-state index contributed by atoms with van der Waals surface area (Å²) in [7, 11) is 1.81. The van der Waals surface area contributed by atoms with Crippen LogP contribution in [-0.2, 0) is 4.79 Å². The smallest absolute Gasteiger partial charge is 0.255 e. The third-order valence-electron chi connectivity index (χ3n) is 5.48. The van der Waals surface area contributed by atoms with Crippen molar-refractivity contribution in [2.75, 3.05) is 49.8 Å². The lowest BCUT2D eigenvalue weighted by molar-refractivity contribution is -0.138. The van der Waals surface area contributed by atoms with Crippen LogP contribution in [0.2, 0.25) is 0 Å². The summed E-state index contributed by atoms with van der Waals surface area (Å²) >= 11 is 5.90. The highest BCUT2D eigenvalue weighted by molar-refractivity contribution is 7.98. The van der Waals surface area contributed by atoms with Crippen molar-refractivity contribution in [1.29, 1.82) is 0 Å². The molecule has 1 heterocycles. The topological polar surface area (TPSA) is 78.7 Å². The summed E-state index contributed by atoms with van der Waals surface area (Å²) in [5.41, 5.74) is 7.52. The highest BCUT2D eigenvalue weighted by Crippen LogP contribution is 2.26. The zero-order chi connectivity index (χ0) is 21.7. The molecule has 0 saturated carbocycles. The molecule has 2 atom stereocenters. The van der Waals surface area contributed by atoms with E-state index in [0.29, 0.717) is 37.4 Å². The fourth-order valence-electron chi connectivity index (χ4n) is 3.71. The normalized spacial score (nSPS) is 18.0. The predicted molar refractivity (Wildman–Crippen MR) is 130 cm³/mol. The van der Waals surface area contributed by atoms with Crippen LogP contribution >= 0.6 is 24.4 Å². The van der Waals surface area contributed by atoms with E-state index in [0.717, 1.165) is 22.2 Å². The number of hydrogen-bond acceptors (Lipinski definition) is 6. The van der Waals surface area contributed by atoms with E-state index in [9.17, 15) is 9.59 Å². The predicted octanol–water partition coefficient (Wildman–Crippen LogP) is 2.54. The number of anilines is 1. The summed E-state index contributed by atoms with van der Waals surface area (Å²) in [6.07, 6.45) is 2.68. The van der Waals surface area contributed by atoms with Gasteiger partial charge in [0.15, 0.2) is 0 Å². The number of piperazine rings is 1. The number of fused-ring (bicyclic) bond motifs is 1. The van der Waals surface area contributed by atoms with Crippen molar-refractivity contribution < 1.29 is 9.59 Å². The van der Waals surface area contributed by atoms with Gasteiger partial charge >= 0.3 is 0 Å². The Bertz CT molecular complexity index is 908. The van der Waals surface area contributed by atoms with Crippen molar-refractivity contribution in [2.24, 2.45) is 5.73 Å². The Morgan fingerprint density at radius 1 is 1.33 bits per heavy atom. The SMILES string of the molecule is CSCC[C@H]1C(=O)N(C)CCN1C(=O)c1cccc2cc(NC[C@@H](N)CS)ccc12. The van der Waals surface area contributed by atoms with Crippen molar-refractivity contribution in [3.63, 3.8) is 0 Å². The van der Waals surface area contributed by atoms with Gasteiger partial charge in [0, 0.05) is 49.7 Å². The molecule has 0 bridgehead atoms. The molecule has 0 unspecified atom stereocenters. The zero-order valence-electron chi connectivity index (χ0n) is 17.5. The van der Waals surface area contributed by atoms with Crippen molar-refractivity contribution in [2.45, 2.75) is 18.5 Å². The van der Waals surface area contributed by atoms with Gasteiger partial charge in [0.05, 0.1) is 0 Å². The van der Waals surface area contributed by atoms with E-state index in [4.69, 9.17) is 5.73 Å². The van der Waals surface area contributed by atoms with Gasteiger partial charge in [-0.3, -0.25) is 9.59 Å².